The molecular weight excluding hydrogens is 542 g/mol. The van der Waals surface area contributed by atoms with Crippen molar-refractivity contribution in [2.24, 2.45) is 0 Å². The molecule has 0 bridgehead atoms. The van der Waals surface area contributed by atoms with E-state index in [0.717, 1.165) is 21.8 Å². The minimum absolute atomic E-state index is 0.0113. The molecule has 0 aromatic carbocycles. The molecule has 9 N–H and O–H groups in total. The van der Waals surface area contributed by atoms with E-state index in [1.54, 1.807) is 0 Å². The van der Waals surface area contributed by atoms with E-state index in [1.807, 2.05) is 0 Å². The van der Waals surface area contributed by atoms with Gasteiger partial charge in [0.05, 0.1) is 24.7 Å². The summed E-state index contributed by atoms with van der Waals surface area (Å²) in [5, 5.41) is 20.9. The third-order valence-electron chi connectivity index (χ3n) is 5.38. The number of rotatable bonds is 9. The number of ether oxygens (including phenoxy) is 1. The van der Waals surface area contributed by atoms with Gasteiger partial charge in [0.2, 0.25) is 6.29 Å². The standard InChI is InChI=1S/C16H22N8O11P2/c17-9-1-2-23(16(27)22-9)10-3-8(7(34-10)4-33-37(30,31)32)36(28,29)35-15(26)14(25)24-6-21-11-12(18)19-5-20-13(11)24/h1-2,5-8,10,14-15,25-26H,3-4H2,(H,28,29)(H2,17,22,27)(H2,18,19,20)(H2,30,31,32)/t7-,8+,10-,14-,15-/m1/s1. The molecule has 19 nitrogen and oxygen atoms in total. The van der Waals surface area contributed by atoms with E-state index < -0.39 is 64.6 Å². The fraction of sp³-hybridized carbons (Fsp3) is 0.438. The molecule has 1 aliphatic heterocycles. The zero-order chi connectivity index (χ0) is 27.1. The number of anilines is 2. The SMILES string of the molecule is Nc1ccn([C@H]2C[C@H](P(=O)(O)O[C@@H](O)[C@@H](O)n3cnc4c(N)ncnc43)[C@@H](COP(=O)(O)O)O2)c(=O)n1. The molecule has 3 aromatic heterocycles. The normalized spacial score (nSPS) is 23.6. The largest absolute Gasteiger partial charge is 0.469 e. The van der Waals surface area contributed by atoms with Crippen molar-refractivity contribution in [1.82, 2.24) is 29.1 Å². The summed E-state index contributed by atoms with van der Waals surface area (Å²) in [6.45, 7) is -0.877. The Balaban J connectivity index is 1.57. The minimum atomic E-state index is -5.02. The molecule has 0 saturated carbocycles. The van der Waals surface area contributed by atoms with Crippen LogP contribution in [0.3, 0.4) is 0 Å². The van der Waals surface area contributed by atoms with Crippen LogP contribution in [0.2, 0.25) is 0 Å². The highest BCUT2D eigenvalue weighted by atomic mass is 31.2. The number of phosphoric ester groups is 1. The topological polar surface area (TPSA) is 294 Å². The molecule has 0 radical (unpaired) electrons. The Kier molecular flexibility index (Phi) is 7.46. The number of aliphatic hydroxyl groups excluding tert-OH is 2. The first-order valence-electron chi connectivity index (χ1n) is 10.3. The molecule has 37 heavy (non-hydrogen) atoms. The lowest BCUT2D eigenvalue weighted by Gasteiger charge is -2.27. The Labute approximate surface area is 206 Å². The first-order chi connectivity index (χ1) is 17.3. The average Bonchev–Trinajstić information content (AvgIpc) is 3.42. The first-order valence-corrected chi connectivity index (χ1v) is 13.4. The second-order valence-electron chi connectivity index (χ2n) is 7.82. The van der Waals surface area contributed by atoms with Gasteiger partial charge in [0.15, 0.2) is 17.7 Å². The van der Waals surface area contributed by atoms with Crippen LogP contribution >= 0.6 is 15.4 Å². The summed E-state index contributed by atoms with van der Waals surface area (Å²) in [6.07, 6.45) is -4.14. The lowest BCUT2D eigenvalue weighted by molar-refractivity contribution is -0.138. The van der Waals surface area contributed by atoms with Gasteiger partial charge in [-0.2, -0.15) is 4.98 Å². The number of nitrogen functional groups attached to an aromatic ring is 2. The van der Waals surface area contributed by atoms with Crippen molar-refractivity contribution < 1.29 is 47.8 Å². The molecule has 202 valence electrons. The van der Waals surface area contributed by atoms with Gasteiger partial charge >= 0.3 is 21.1 Å². The zero-order valence-electron chi connectivity index (χ0n) is 18.5. The van der Waals surface area contributed by atoms with Crippen molar-refractivity contribution >= 4 is 38.2 Å². The first kappa shape index (κ1) is 27.2. The molecule has 1 saturated heterocycles. The van der Waals surface area contributed by atoms with E-state index in [-0.39, 0.29) is 22.8 Å². The van der Waals surface area contributed by atoms with Gasteiger partial charge in [0.1, 0.15) is 23.9 Å². The lowest BCUT2D eigenvalue weighted by Crippen LogP contribution is -2.31. The minimum Gasteiger partial charge on any atom is -0.383 e. The molecule has 4 rings (SSSR count). The monoisotopic (exact) mass is 564 g/mol. The molecule has 0 aliphatic carbocycles. The van der Waals surface area contributed by atoms with Crippen LogP contribution in [0, 0.1) is 0 Å². The van der Waals surface area contributed by atoms with Gasteiger partial charge in [-0.3, -0.25) is 22.7 Å². The van der Waals surface area contributed by atoms with E-state index in [2.05, 4.69) is 24.5 Å². The van der Waals surface area contributed by atoms with Crippen LogP contribution in [-0.4, -0.2) is 78.6 Å². The summed E-state index contributed by atoms with van der Waals surface area (Å²) in [7, 11) is -9.98. The van der Waals surface area contributed by atoms with Crippen LogP contribution in [0.1, 0.15) is 18.9 Å². The highest BCUT2D eigenvalue weighted by molar-refractivity contribution is 7.53. The third-order valence-corrected chi connectivity index (χ3v) is 7.76. The molecule has 1 unspecified atom stereocenters. The summed E-state index contributed by atoms with van der Waals surface area (Å²) in [5.41, 5.74) is 8.78. The quantitative estimate of drug-likeness (QED) is 0.109. The molecule has 21 heteroatoms. The summed E-state index contributed by atoms with van der Waals surface area (Å²) in [4.78, 5) is 56.1. The fourth-order valence-electron chi connectivity index (χ4n) is 3.68. The Morgan fingerprint density at radius 3 is 2.59 bits per heavy atom. The molecule has 6 atom stereocenters. The van der Waals surface area contributed by atoms with Crippen LogP contribution in [0.5, 0.6) is 0 Å². The van der Waals surface area contributed by atoms with Gasteiger partial charge in [-0.1, -0.05) is 0 Å². The zero-order valence-corrected chi connectivity index (χ0v) is 20.3. The van der Waals surface area contributed by atoms with Gasteiger partial charge in [0, 0.05) is 12.6 Å². The van der Waals surface area contributed by atoms with Crippen LogP contribution in [0.4, 0.5) is 11.6 Å². The molecule has 0 spiro atoms. The molecule has 1 fully saturated rings. The fourth-order valence-corrected chi connectivity index (χ4v) is 5.62. The van der Waals surface area contributed by atoms with Crippen molar-refractivity contribution in [2.75, 3.05) is 18.1 Å². The van der Waals surface area contributed by atoms with Gasteiger partial charge < -0.3 is 41.1 Å². The molecule has 0 amide bonds. The van der Waals surface area contributed by atoms with Gasteiger partial charge in [0.25, 0.3) is 0 Å². The predicted molar refractivity (Wildman–Crippen MR) is 121 cm³/mol. The van der Waals surface area contributed by atoms with Crippen LogP contribution < -0.4 is 17.2 Å². The van der Waals surface area contributed by atoms with E-state index in [9.17, 15) is 29.0 Å². The number of fused-ring (bicyclic) bond motifs is 1. The van der Waals surface area contributed by atoms with Crippen molar-refractivity contribution in [3.8, 4) is 0 Å². The molecule has 1 aliphatic rings. The summed E-state index contributed by atoms with van der Waals surface area (Å²) >= 11 is 0. The molecule has 3 aromatic rings. The van der Waals surface area contributed by atoms with E-state index in [0.29, 0.717) is 0 Å². The van der Waals surface area contributed by atoms with Crippen molar-refractivity contribution in [3.05, 3.63) is 35.4 Å². The Bertz CT molecular complexity index is 1440. The van der Waals surface area contributed by atoms with Crippen molar-refractivity contribution in [2.45, 2.75) is 36.9 Å². The lowest BCUT2D eigenvalue weighted by atomic mass is 10.2. The number of hydrogen-bond acceptors (Lipinski definition) is 14. The van der Waals surface area contributed by atoms with Gasteiger partial charge in [-0.25, -0.2) is 24.3 Å². The smallest absolute Gasteiger partial charge is 0.383 e. The summed E-state index contributed by atoms with van der Waals surface area (Å²) in [6, 6.07) is 1.26. The maximum atomic E-state index is 13.2. The Morgan fingerprint density at radius 2 is 1.92 bits per heavy atom. The highest BCUT2D eigenvalue weighted by Gasteiger charge is 2.50. The van der Waals surface area contributed by atoms with Crippen LogP contribution in [0.15, 0.2) is 29.7 Å². The number of nitrogens with zero attached hydrogens (tertiary/aromatic N) is 6. The maximum absolute atomic E-state index is 13.2. The van der Waals surface area contributed by atoms with Crippen LogP contribution in [-0.2, 0) is 22.9 Å². The number of hydrogen-bond donors (Lipinski definition) is 7. The number of aromatic nitrogens is 6. The number of phosphoric acid groups is 1. The summed E-state index contributed by atoms with van der Waals surface area (Å²) < 4.78 is 41.2. The van der Waals surface area contributed by atoms with Crippen molar-refractivity contribution in [3.63, 3.8) is 0 Å². The number of aliphatic hydroxyl groups is 2. The van der Waals surface area contributed by atoms with Gasteiger partial charge in [-0.05, 0) is 6.07 Å². The second-order valence-corrected chi connectivity index (χ2v) is 11.1. The van der Waals surface area contributed by atoms with Crippen LogP contribution in [0.25, 0.3) is 11.2 Å². The highest BCUT2D eigenvalue weighted by Crippen LogP contribution is 2.57. The Hall–Kier alpha value is -2.83. The Morgan fingerprint density at radius 1 is 1.19 bits per heavy atom. The van der Waals surface area contributed by atoms with E-state index >= 15 is 0 Å². The van der Waals surface area contributed by atoms with E-state index in [4.69, 9.17) is 30.5 Å². The van der Waals surface area contributed by atoms with Gasteiger partial charge in [-0.15, -0.1) is 0 Å². The predicted octanol–water partition coefficient (Wildman–Crippen LogP) is -1.98. The van der Waals surface area contributed by atoms with E-state index in [1.165, 1.54) is 12.3 Å². The molecular formula is C16H22N8O11P2. The summed E-state index contributed by atoms with van der Waals surface area (Å²) in [5.74, 6) is -0.113. The molecule has 4 heterocycles. The van der Waals surface area contributed by atoms with Crippen molar-refractivity contribution in [1.29, 1.82) is 0 Å². The average molecular weight is 564 g/mol. The number of imidazole rings is 1. The maximum Gasteiger partial charge on any atom is 0.469 e. The second kappa shape index (κ2) is 10.1. The third kappa shape index (κ3) is 5.86. The number of nitrogens with two attached hydrogens (primary N) is 2.